The van der Waals surface area contributed by atoms with Crippen LogP contribution in [0, 0.1) is 17.2 Å². The Morgan fingerprint density at radius 3 is 2.64 bits per heavy atom. The van der Waals surface area contributed by atoms with Gasteiger partial charge in [-0.15, -0.1) is 0 Å². The zero-order valence-electron chi connectivity index (χ0n) is 9.53. The van der Waals surface area contributed by atoms with Gasteiger partial charge in [0.2, 0.25) is 0 Å². The number of rotatable bonds is 2. The SMILES string of the molecule is CC.CCC1CN(CC#N)CCC1O. The number of hydrogen-bond donors (Lipinski definition) is 1. The zero-order chi connectivity index (χ0) is 11.0. The van der Waals surface area contributed by atoms with Crippen molar-refractivity contribution in [3.63, 3.8) is 0 Å². The van der Waals surface area contributed by atoms with Gasteiger partial charge in [-0.1, -0.05) is 20.8 Å². The van der Waals surface area contributed by atoms with Crippen LogP contribution in [0.5, 0.6) is 0 Å². The third-order valence-corrected chi connectivity index (χ3v) is 2.60. The first-order valence-electron chi connectivity index (χ1n) is 5.55. The van der Waals surface area contributed by atoms with Crippen molar-refractivity contribution in [2.24, 2.45) is 5.92 Å². The van der Waals surface area contributed by atoms with Crippen LogP contribution < -0.4 is 0 Å². The Hall–Kier alpha value is -0.590. The largest absolute Gasteiger partial charge is 0.393 e. The van der Waals surface area contributed by atoms with E-state index in [4.69, 9.17) is 5.26 Å². The zero-order valence-corrected chi connectivity index (χ0v) is 9.53. The van der Waals surface area contributed by atoms with E-state index in [0.717, 1.165) is 25.9 Å². The molecule has 0 bridgehead atoms. The van der Waals surface area contributed by atoms with Crippen LogP contribution in [0.2, 0.25) is 0 Å². The highest BCUT2D eigenvalue weighted by Crippen LogP contribution is 2.19. The molecule has 3 heteroatoms. The Bertz CT molecular complexity index is 177. The third kappa shape index (κ3) is 4.08. The van der Waals surface area contributed by atoms with E-state index in [2.05, 4.69) is 17.9 Å². The minimum Gasteiger partial charge on any atom is -0.393 e. The van der Waals surface area contributed by atoms with Gasteiger partial charge in [-0.05, 0) is 18.8 Å². The highest BCUT2D eigenvalue weighted by Gasteiger charge is 2.25. The van der Waals surface area contributed by atoms with Crippen LogP contribution in [0.4, 0.5) is 0 Å². The molecule has 1 fully saturated rings. The molecule has 1 rings (SSSR count). The molecule has 0 aromatic heterocycles. The van der Waals surface area contributed by atoms with Crippen LogP contribution in [0.15, 0.2) is 0 Å². The lowest BCUT2D eigenvalue weighted by atomic mass is 9.92. The van der Waals surface area contributed by atoms with Crippen molar-refractivity contribution < 1.29 is 5.11 Å². The summed E-state index contributed by atoms with van der Waals surface area (Å²) in [7, 11) is 0. The first kappa shape index (κ1) is 13.4. The fraction of sp³-hybridized carbons (Fsp3) is 0.909. The maximum atomic E-state index is 9.55. The average Bonchev–Trinajstić information content (AvgIpc) is 2.24. The fourth-order valence-electron chi connectivity index (χ4n) is 1.74. The first-order valence-corrected chi connectivity index (χ1v) is 5.55. The quantitative estimate of drug-likeness (QED) is 0.686. The van der Waals surface area contributed by atoms with Crippen molar-refractivity contribution >= 4 is 0 Å². The second kappa shape index (κ2) is 7.78. The predicted octanol–water partition coefficient (Wildman–Crippen LogP) is 1.63. The highest BCUT2D eigenvalue weighted by atomic mass is 16.3. The van der Waals surface area contributed by atoms with Gasteiger partial charge in [-0.3, -0.25) is 4.90 Å². The molecule has 1 saturated heterocycles. The highest BCUT2D eigenvalue weighted by molar-refractivity contribution is 4.84. The molecule has 2 atom stereocenters. The molecule has 1 aliphatic heterocycles. The summed E-state index contributed by atoms with van der Waals surface area (Å²) in [5, 5.41) is 18.0. The molecule has 82 valence electrons. The number of nitriles is 1. The lowest BCUT2D eigenvalue weighted by Crippen LogP contribution is -2.42. The van der Waals surface area contributed by atoms with Gasteiger partial charge in [0.15, 0.2) is 0 Å². The fourth-order valence-corrected chi connectivity index (χ4v) is 1.74. The Morgan fingerprint density at radius 1 is 1.50 bits per heavy atom. The van der Waals surface area contributed by atoms with Gasteiger partial charge in [0.1, 0.15) is 0 Å². The Kier molecular flexibility index (Phi) is 7.45. The molecule has 0 amide bonds. The van der Waals surface area contributed by atoms with Crippen LogP contribution in [0.1, 0.15) is 33.6 Å². The van der Waals surface area contributed by atoms with Crippen molar-refractivity contribution in [3.05, 3.63) is 0 Å². The number of piperidine rings is 1. The number of aliphatic hydroxyl groups excluding tert-OH is 1. The average molecular weight is 198 g/mol. The van der Waals surface area contributed by atoms with Crippen molar-refractivity contribution in [1.29, 1.82) is 5.26 Å². The molecule has 0 aromatic rings. The van der Waals surface area contributed by atoms with Crippen molar-refractivity contribution in [2.75, 3.05) is 19.6 Å². The van der Waals surface area contributed by atoms with E-state index >= 15 is 0 Å². The van der Waals surface area contributed by atoms with Crippen molar-refractivity contribution in [1.82, 2.24) is 4.90 Å². The lowest BCUT2D eigenvalue weighted by molar-refractivity contribution is 0.0300. The molecule has 3 nitrogen and oxygen atoms in total. The van der Waals surface area contributed by atoms with E-state index in [1.54, 1.807) is 0 Å². The summed E-state index contributed by atoms with van der Waals surface area (Å²) in [5.74, 6) is 0.368. The standard InChI is InChI=1S/C9H16N2O.C2H6/c1-2-8-7-11(6-4-10)5-3-9(8)12;1-2/h8-9,12H,2-3,5-7H2,1H3;1-2H3. The number of nitrogens with zero attached hydrogens (tertiary/aromatic N) is 2. The summed E-state index contributed by atoms with van der Waals surface area (Å²) in [6.07, 6.45) is 1.67. The van der Waals surface area contributed by atoms with Crippen LogP contribution in [-0.2, 0) is 0 Å². The monoisotopic (exact) mass is 198 g/mol. The summed E-state index contributed by atoms with van der Waals surface area (Å²) < 4.78 is 0. The molecule has 0 saturated carbocycles. The van der Waals surface area contributed by atoms with Crippen LogP contribution in [0.3, 0.4) is 0 Å². The van der Waals surface area contributed by atoms with Crippen molar-refractivity contribution in [3.8, 4) is 6.07 Å². The smallest absolute Gasteiger partial charge is 0.0866 e. The van der Waals surface area contributed by atoms with Gasteiger partial charge in [0, 0.05) is 13.1 Å². The molecule has 2 unspecified atom stereocenters. The van der Waals surface area contributed by atoms with E-state index in [1.807, 2.05) is 13.8 Å². The summed E-state index contributed by atoms with van der Waals surface area (Å²) in [5.41, 5.74) is 0. The number of aliphatic hydroxyl groups is 1. The van der Waals surface area contributed by atoms with Gasteiger partial charge in [-0.25, -0.2) is 0 Å². The Balaban J connectivity index is 0.000000791. The molecule has 1 heterocycles. The van der Waals surface area contributed by atoms with E-state index in [-0.39, 0.29) is 6.10 Å². The third-order valence-electron chi connectivity index (χ3n) is 2.60. The van der Waals surface area contributed by atoms with Crippen LogP contribution >= 0.6 is 0 Å². The van der Waals surface area contributed by atoms with Gasteiger partial charge in [-0.2, -0.15) is 5.26 Å². The molecular formula is C11H22N2O. The topological polar surface area (TPSA) is 47.3 Å². The van der Waals surface area contributed by atoms with Gasteiger partial charge in [0.05, 0.1) is 18.7 Å². The van der Waals surface area contributed by atoms with Gasteiger partial charge < -0.3 is 5.11 Å². The number of likely N-dealkylation sites (tertiary alicyclic amines) is 1. The molecule has 0 spiro atoms. The van der Waals surface area contributed by atoms with E-state index in [9.17, 15) is 5.11 Å². The predicted molar refractivity (Wildman–Crippen MR) is 57.8 cm³/mol. The maximum Gasteiger partial charge on any atom is 0.0866 e. The van der Waals surface area contributed by atoms with E-state index in [1.165, 1.54) is 0 Å². The van der Waals surface area contributed by atoms with Gasteiger partial charge >= 0.3 is 0 Å². The van der Waals surface area contributed by atoms with Crippen LogP contribution in [-0.4, -0.2) is 35.7 Å². The summed E-state index contributed by atoms with van der Waals surface area (Å²) in [6.45, 7) is 8.34. The Morgan fingerprint density at radius 2 is 2.14 bits per heavy atom. The van der Waals surface area contributed by atoms with Crippen molar-refractivity contribution in [2.45, 2.75) is 39.7 Å². The summed E-state index contributed by atoms with van der Waals surface area (Å²) in [6, 6.07) is 2.14. The molecule has 0 radical (unpaired) electrons. The summed E-state index contributed by atoms with van der Waals surface area (Å²) in [4.78, 5) is 2.11. The molecule has 1 aliphatic rings. The van der Waals surface area contributed by atoms with Gasteiger partial charge in [0.25, 0.3) is 0 Å². The number of hydrogen-bond acceptors (Lipinski definition) is 3. The molecular weight excluding hydrogens is 176 g/mol. The van der Waals surface area contributed by atoms with E-state index in [0.29, 0.717) is 12.5 Å². The molecule has 0 aromatic carbocycles. The first-order chi connectivity index (χ1) is 6.77. The summed E-state index contributed by atoms with van der Waals surface area (Å²) >= 11 is 0. The van der Waals surface area contributed by atoms with Crippen LogP contribution in [0.25, 0.3) is 0 Å². The second-order valence-corrected chi connectivity index (χ2v) is 3.42. The van der Waals surface area contributed by atoms with E-state index < -0.39 is 0 Å². The molecule has 14 heavy (non-hydrogen) atoms. The maximum absolute atomic E-state index is 9.55. The minimum absolute atomic E-state index is 0.148. The molecule has 1 N–H and O–H groups in total. The second-order valence-electron chi connectivity index (χ2n) is 3.42. The lowest BCUT2D eigenvalue weighted by Gasteiger charge is -2.34. The molecule has 0 aliphatic carbocycles. The minimum atomic E-state index is -0.148. The Labute approximate surface area is 87.3 Å². The normalized spacial score (nSPS) is 27.4.